The van der Waals surface area contributed by atoms with Crippen molar-refractivity contribution < 1.29 is 9.59 Å². The van der Waals surface area contributed by atoms with Crippen LogP contribution in [0.1, 0.15) is 10.4 Å². The first-order valence-corrected chi connectivity index (χ1v) is 7.55. The topological polar surface area (TPSA) is 71.1 Å². The maximum atomic E-state index is 11.8. The monoisotopic (exact) mass is 383 g/mol. The van der Waals surface area contributed by atoms with Gasteiger partial charge in [-0.1, -0.05) is 46.4 Å². The molecular weight excluding hydrogens is 380 g/mol. The SMILES string of the molecule is O=C(NC(=O)c1c(Cl)nsc1Cl)Nc1ccc(Cl)c(Cl)c1. The third-order valence-corrected chi connectivity index (χ3v) is 4.39. The van der Waals surface area contributed by atoms with Gasteiger partial charge in [0.15, 0.2) is 5.15 Å². The number of amides is 3. The predicted molar refractivity (Wildman–Crippen MR) is 85.1 cm³/mol. The summed E-state index contributed by atoms with van der Waals surface area (Å²) in [5.41, 5.74) is 0.322. The summed E-state index contributed by atoms with van der Waals surface area (Å²) in [6.07, 6.45) is 0. The molecule has 110 valence electrons. The summed E-state index contributed by atoms with van der Waals surface area (Å²) in [6, 6.07) is 3.72. The number of hydrogen-bond donors (Lipinski definition) is 2. The number of urea groups is 1. The van der Waals surface area contributed by atoms with Gasteiger partial charge in [-0.25, -0.2) is 4.79 Å². The fourth-order valence-corrected chi connectivity index (χ4v) is 2.83. The van der Waals surface area contributed by atoms with Crippen LogP contribution >= 0.6 is 57.9 Å². The van der Waals surface area contributed by atoms with Crippen LogP contribution in [0.25, 0.3) is 0 Å². The van der Waals surface area contributed by atoms with Gasteiger partial charge < -0.3 is 5.32 Å². The van der Waals surface area contributed by atoms with E-state index < -0.39 is 11.9 Å². The van der Waals surface area contributed by atoms with Crippen LogP contribution in [-0.2, 0) is 0 Å². The lowest BCUT2D eigenvalue weighted by molar-refractivity contribution is 0.0967. The largest absolute Gasteiger partial charge is 0.326 e. The zero-order chi connectivity index (χ0) is 15.6. The van der Waals surface area contributed by atoms with Gasteiger partial charge in [0.2, 0.25) is 0 Å². The molecule has 0 bridgehead atoms. The molecule has 0 saturated carbocycles. The van der Waals surface area contributed by atoms with Gasteiger partial charge in [0.1, 0.15) is 9.90 Å². The minimum absolute atomic E-state index is 0.0485. The van der Waals surface area contributed by atoms with E-state index in [4.69, 9.17) is 46.4 Å². The summed E-state index contributed by atoms with van der Waals surface area (Å²) in [4.78, 5) is 23.6. The summed E-state index contributed by atoms with van der Waals surface area (Å²) in [5, 5.41) is 5.06. The van der Waals surface area contributed by atoms with Gasteiger partial charge in [0, 0.05) is 5.69 Å². The number of nitrogens with zero attached hydrogens (tertiary/aromatic N) is 1. The van der Waals surface area contributed by atoms with Crippen molar-refractivity contribution in [2.45, 2.75) is 0 Å². The number of halogens is 4. The molecule has 1 aromatic heterocycles. The van der Waals surface area contributed by atoms with E-state index in [2.05, 4.69) is 15.0 Å². The third-order valence-electron chi connectivity index (χ3n) is 2.24. The Bertz CT molecular complexity index is 700. The Kier molecular flexibility index (Phi) is 5.29. The Labute approximate surface area is 143 Å². The number of aromatic nitrogens is 1. The highest BCUT2D eigenvalue weighted by Gasteiger charge is 2.20. The van der Waals surface area contributed by atoms with E-state index in [1.54, 1.807) is 0 Å². The average Bonchev–Trinajstić information content (AvgIpc) is 2.73. The molecule has 2 N–H and O–H groups in total. The van der Waals surface area contributed by atoms with Crippen LogP contribution < -0.4 is 10.6 Å². The van der Waals surface area contributed by atoms with E-state index >= 15 is 0 Å². The van der Waals surface area contributed by atoms with Gasteiger partial charge in [0.05, 0.1) is 10.0 Å². The van der Waals surface area contributed by atoms with Crippen molar-refractivity contribution >= 4 is 75.6 Å². The van der Waals surface area contributed by atoms with Crippen LogP contribution in [0.5, 0.6) is 0 Å². The Hall–Kier alpha value is -1.05. The summed E-state index contributed by atoms with van der Waals surface area (Å²) in [5.74, 6) is -0.753. The van der Waals surface area contributed by atoms with Crippen LogP contribution in [0.3, 0.4) is 0 Å². The fourth-order valence-electron chi connectivity index (χ4n) is 1.34. The van der Waals surface area contributed by atoms with E-state index in [-0.39, 0.29) is 20.1 Å². The molecule has 0 saturated heterocycles. The zero-order valence-electron chi connectivity index (χ0n) is 9.92. The molecule has 10 heteroatoms. The average molecular weight is 385 g/mol. The molecule has 0 spiro atoms. The van der Waals surface area contributed by atoms with Crippen LogP contribution in [0.2, 0.25) is 19.5 Å². The number of nitrogens with one attached hydrogen (secondary N) is 2. The van der Waals surface area contributed by atoms with Crippen molar-refractivity contribution in [1.29, 1.82) is 0 Å². The van der Waals surface area contributed by atoms with Crippen molar-refractivity contribution in [3.63, 3.8) is 0 Å². The van der Waals surface area contributed by atoms with Gasteiger partial charge in [-0.05, 0) is 29.7 Å². The molecule has 21 heavy (non-hydrogen) atoms. The molecule has 2 aromatic rings. The van der Waals surface area contributed by atoms with Crippen molar-refractivity contribution in [3.05, 3.63) is 43.3 Å². The lowest BCUT2D eigenvalue weighted by Crippen LogP contribution is -2.34. The Balaban J connectivity index is 2.05. The molecule has 0 aliphatic heterocycles. The number of imide groups is 1. The predicted octanol–water partition coefficient (Wildman–Crippen LogP) is 4.72. The molecule has 1 aromatic carbocycles. The smallest absolute Gasteiger partial charge is 0.308 e. The highest BCUT2D eigenvalue weighted by molar-refractivity contribution is 7.11. The van der Waals surface area contributed by atoms with E-state index in [1.807, 2.05) is 0 Å². The van der Waals surface area contributed by atoms with Crippen LogP contribution in [0, 0.1) is 0 Å². The van der Waals surface area contributed by atoms with Crippen LogP contribution in [0.4, 0.5) is 10.5 Å². The highest BCUT2D eigenvalue weighted by Crippen LogP contribution is 2.28. The summed E-state index contributed by atoms with van der Waals surface area (Å²) in [6.45, 7) is 0. The first-order chi connectivity index (χ1) is 9.88. The standard InChI is InChI=1S/C11H5Cl4N3O2S/c12-5-2-1-4(3-6(5)13)16-11(20)17-10(19)7-8(14)18-21-9(7)15/h1-3H,(H2,16,17,19,20). The summed E-state index contributed by atoms with van der Waals surface area (Å²) < 4.78 is 3.80. The lowest BCUT2D eigenvalue weighted by atomic mass is 10.3. The number of anilines is 1. The highest BCUT2D eigenvalue weighted by atomic mass is 35.5. The van der Waals surface area contributed by atoms with E-state index in [0.29, 0.717) is 10.7 Å². The van der Waals surface area contributed by atoms with Crippen molar-refractivity contribution in [2.75, 3.05) is 5.32 Å². The molecule has 0 radical (unpaired) electrons. The third kappa shape index (κ3) is 3.99. The Morgan fingerprint density at radius 2 is 1.81 bits per heavy atom. The minimum Gasteiger partial charge on any atom is -0.308 e. The molecule has 2 rings (SSSR count). The van der Waals surface area contributed by atoms with Gasteiger partial charge in [-0.15, -0.1) is 0 Å². The molecule has 0 fully saturated rings. The molecule has 0 aliphatic rings. The Morgan fingerprint density at radius 1 is 1.10 bits per heavy atom. The Morgan fingerprint density at radius 3 is 2.38 bits per heavy atom. The van der Waals surface area contributed by atoms with Crippen molar-refractivity contribution in [1.82, 2.24) is 9.69 Å². The number of hydrogen-bond acceptors (Lipinski definition) is 4. The minimum atomic E-state index is -0.767. The van der Waals surface area contributed by atoms with Gasteiger partial charge in [-0.2, -0.15) is 4.37 Å². The van der Waals surface area contributed by atoms with Gasteiger partial charge >= 0.3 is 6.03 Å². The fraction of sp³-hybridized carbons (Fsp3) is 0. The maximum Gasteiger partial charge on any atom is 0.326 e. The molecule has 1 heterocycles. The van der Waals surface area contributed by atoms with Crippen LogP contribution in [-0.4, -0.2) is 16.3 Å². The zero-order valence-corrected chi connectivity index (χ0v) is 13.8. The van der Waals surface area contributed by atoms with Gasteiger partial charge in [0.25, 0.3) is 5.91 Å². The normalized spacial score (nSPS) is 10.3. The van der Waals surface area contributed by atoms with Crippen molar-refractivity contribution in [2.24, 2.45) is 0 Å². The van der Waals surface area contributed by atoms with Gasteiger partial charge in [-0.3, -0.25) is 10.1 Å². The number of carbonyl (C=O) groups is 2. The summed E-state index contributed by atoms with van der Waals surface area (Å²) in [7, 11) is 0. The van der Waals surface area contributed by atoms with E-state index in [1.165, 1.54) is 18.2 Å². The second-order valence-corrected chi connectivity index (χ2v) is 6.21. The molecule has 0 atom stereocenters. The second-order valence-electron chi connectivity index (χ2n) is 3.66. The van der Waals surface area contributed by atoms with E-state index in [0.717, 1.165) is 11.5 Å². The van der Waals surface area contributed by atoms with E-state index in [9.17, 15) is 9.59 Å². The quantitative estimate of drug-likeness (QED) is 0.786. The number of benzene rings is 1. The summed E-state index contributed by atoms with van der Waals surface area (Å²) >= 11 is 23.9. The molecule has 3 amide bonds. The first kappa shape index (κ1) is 16.3. The maximum absolute atomic E-state index is 11.8. The molecular formula is C11H5Cl4N3O2S. The molecule has 5 nitrogen and oxygen atoms in total. The second kappa shape index (κ2) is 6.81. The lowest BCUT2D eigenvalue weighted by Gasteiger charge is -2.07. The number of rotatable bonds is 2. The molecule has 0 aliphatic carbocycles. The van der Waals surface area contributed by atoms with Crippen LogP contribution in [0.15, 0.2) is 18.2 Å². The number of carbonyl (C=O) groups excluding carboxylic acids is 2. The first-order valence-electron chi connectivity index (χ1n) is 5.26. The van der Waals surface area contributed by atoms with Crippen molar-refractivity contribution in [3.8, 4) is 0 Å². The molecule has 0 unspecified atom stereocenters.